The van der Waals surface area contributed by atoms with Gasteiger partial charge in [-0.15, -0.1) is 0 Å². The molecule has 0 bridgehead atoms. The zero-order valence-corrected chi connectivity index (χ0v) is 14.0. The van der Waals surface area contributed by atoms with Crippen LogP contribution in [0.5, 0.6) is 0 Å². The number of aliphatic hydroxyl groups excluding tert-OH is 1. The van der Waals surface area contributed by atoms with Gasteiger partial charge in [0.15, 0.2) is 0 Å². The lowest BCUT2D eigenvalue weighted by molar-refractivity contribution is 0.0827. The maximum Gasteiger partial charge on any atom is 0.272 e. The lowest BCUT2D eigenvalue weighted by Crippen LogP contribution is -2.47. The van der Waals surface area contributed by atoms with Gasteiger partial charge in [0.1, 0.15) is 5.69 Å². The Morgan fingerprint density at radius 3 is 2.24 bits per heavy atom. The summed E-state index contributed by atoms with van der Waals surface area (Å²) < 4.78 is 1.77. The van der Waals surface area contributed by atoms with Gasteiger partial charge in [0.25, 0.3) is 5.91 Å². The number of carbonyl (C=O) groups excluding carboxylic acids is 1. The molecule has 5 heteroatoms. The van der Waals surface area contributed by atoms with Gasteiger partial charge < -0.3 is 10.4 Å². The average molecular weight is 295 g/mol. The quantitative estimate of drug-likeness (QED) is 0.812. The van der Waals surface area contributed by atoms with E-state index in [0.29, 0.717) is 11.6 Å². The van der Waals surface area contributed by atoms with Gasteiger partial charge >= 0.3 is 0 Å². The zero-order chi connectivity index (χ0) is 16.2. The summed E-state index contributed by atoms with van der Waals surface area (Å²) in [5.74, 6) is 0.421. The van der Waals surface area contributed by atoms with Gasteiger partial charge in [0.2, 0.25) is 0 Å². The van der Waals surface area contributed by atoms with E-state index in [-0.39, 0.29) is 36.4 Å². The van der Waals surface area contributed by atoms with E-state index in [9.17, 15) is 9.90 Å². The molecule has 0 saturated carbocycles. The third-order valence-electron chi connectivity index (χ3n) is 3.91. The minimum atomic E-state index is -0.174. The number of aliphatic hydroxyl groups is 1. The number of amides is 1. The van der Waals surface area contributed by atoms with Crippen LogP contribution in [0.15, 0.2) is 12.3 Å². The minimum absolute atomic E-state index is 0.0427. The van der Waals surface area contributed by atoms with Crippen molar-refractivity contribution >= 4 is 5.91 Å². The van der Waals surface area contributed by atoms with Gasteiger partial charge in [0.05, 0.1) is 0 Å². The van der Waals surface area contributed by atoms with Gasteiger partial charge in [-0.2, -0.15) is 5.10 Å². The molecule has 21 heavy (non-hydrogen) atoms. The summed E-state index contributed by atoms with van der Waals surface area (Å²) in [6.07, 6.45) is 1.82. The predicted molar refractivity (Wildman–Crippen MR) is 84.1 cm³/mol. The first-order valence-corrected chi connectivity index (χ1v) is 7.74. The molecule has 0 unspecified atom stereocenters. The number of rotatable bonds is 7. The molecule has 0 aliphatic carbocycles. The van der Waals surface area contributed by atoms with Crippen molar-refractivity contribution in [1.82, 2.24) is 15.1 Å². The van der Waals surface area contributed by atoms with Crippen LogP contribution in [0.3, 0.4) is 0 Å². The van der Waals surface area contributed by atoms with Crippen LogP contribution in [0, 0.1) is 17.8 Å². The Hall–Kier alpha value is -1.36. The molecule has 0 aliphatic heterocycles. The van der Waals surface area contributed by atoms with E-state index in [1.165, 1.54) is 0 Å². The van der Waals surface area contributed by atoms with Crippen molar-refractivity contribution in [2.45, 2.75) is 53.6 Å². The van der Waals surface area contributed by atoms with Crippen molar-refractivity contribution in [1.29, 1.82) is 0 Å². The maximum atomic E-state index is 12.4. The van der Waals surface area contributed by atoms with Gasteiger partial charge in [-0.25, -0.2) is 0 Å². The van der Waals surface area contributed by atoms with Crippen molar-refractivity contribution in [3.05, 3.63) is 18.0 Å². The Labute approximate surface area is 127 Å². The number of hydrogen-bond donors (Lipinski definition) is 2. The molecule has 120 valence electrons. The van der Waals surface area contributed by atoms with Crippen molar-refractivity contribution in [2.24, 2.45) is 17.8 Å². The van der Waals surface area contributed by atoms with E-state index in [2.05, 4.69) is 38.1 Å². The van der Waals surface area contributed by atoms with Crippen LogP contribution in [-0.4, -0.2) is 33.4 Å². The molecule has 2 N–H and O–H groups in total. The lowest BCUT2D eigenvalue weighted by Gasteiger charge is -2.32. The summed E-state index contributed by atoms with van der Waals surface area (Å²) in [6, 6.07) is 1.90. The highest BCUT2D eigenvalue weighted by Crippen LogP contribution is 2.21. The van der Waals surface area contributed by atoms with E-state index in [1.54, 1.807) is 10.7 Å². The number of nitrogens with one attached hydrogen (secondary N) is 1. The smallest absolute Gasteiger partial charge is 0.272 e. The molecule has 1 aromatic rings. The monoisotopic (exact) mass is 295 g/mol. The van der Waals surface area contributed by atoms with Crippen LogP contribution >= 0.6 is 0 Å². The molecule has 0 aliphatic rings. The first-order chi connectivity index (χ1) is 9.77. The molecule has 1 heterocycles. The summed E-state index contributed by atoms with van der Waals surface area (Å²) in [6.45, 7) is 12.4. The topological polar surface area (TPSA) is 67.2 Å². The van der Waals surface area contributed by atoms with E-state index < -0.39 is 0 Å². The van der Waals surface area contributed by atoms with Crippen molar-refractivity contribution in [3.8, 4) is 0 Å². The molecule has 0 fully saturated rings. The molecular formula is C16H29N3O2. The number of aromatic nitrogens is 2. The largest absolute Gasteiger partial charge is 0.396 e. The second kappa shape index (κ2) is 7.59. The third kappa shape index (κ3) is 4.56. The van der Waals surface area contributed by atoms with Crippen LogP contribution in [-0.2, 0) is 0 Å². The second-order valence-electron chi connectivity index (χ2n) is 6.61. The molecular weight excluding hydrogens is 266 g/mol. The van der Waals surface area contributed by atoms with Gasteiger partial charge in [0, 0.05) is 30.8 Å². The first kappa shape index (κ1) is 17.7. The molecule has 0 spiro atoms. The molecule has 2 atom stereocenters. The fraction of sp³-hybridized carbons (Fsp3) is 0.750. The summed E-state index contributed by atoms with van der Waals surface area (Å²) in [5.41, 5.74) is 0.426. The summed E-state index contributed by atoms with van der Waals surface area (Å²) in [4.78, 5) is 12.4. The highest BCUT2D eigenvalue weighted by molar-refractivity contribution is 5.92. The van der Waals surface area contributed by atoms with Crippen LogP contribution in [0.25, 0.3) is 0 Å². The minimum Gasteiger partial charge on any atom is -0.396 e. The molecule has 0 aromatic carbocycles. The highest BCUT2D eigenvalue weighted by Gasteiger charge is 2.28. The number of carbonyl (C=O) groups is 1. The van der Waals surface area contributed by atoms with Gasteiger partial charge in [-0.1, -0.05) is 27.7 Å². The van der Waals surface area contributed by atoms with Crippen LogP contribution in [0.2, 0.25) is 0 Å². The normalized spacial score (nSPS) is 14.8. The Kier molecular flexibility index (Phi) is 6.40. The summed E-state index contributed by atoms with van der Waals surface area (Å²) in [5, 5.41) is 16.9. The Bertz CT molecular complexity index is 452. The maximum absolute atomic E-state index is 12.4. The van der Waals surface area contributed by atoms with Crippen molar-refractivity contribution in [3.63, 3.8) is 0 Å². The SMILES string of the molecule is CC(C)[C@H](CO)[C@@H](NC(=O)c1ccn(C(C)C)n1)C(C)C. The molecule has 1 aromatic heterocycles. The fourth-order valence-electron chi connectivity index (χ4n) is 2.48. The highest BCUT2D eigenvalue weighted by atomic mass is 16.3. The van der Waals surface area contributed by atoms with E-state index in [0.717, 1.165) is 0 Å². The lowest BCUT2D eigenvalue weighted by atomic mass is 9.83. The average Bonchev–Trinajstić information content (AvgIpc) is 2.87. The summed E-state index contributed by atoms with van der Waals surface area (Å²) >= 11 is 0. The van der Waals surface area contributed by atoms with Crippen molar-refractivity contribution in [2.75, 3.05) is 6.61 Å². The molecule has 0 saturated heterocycles. The van der Waals surface area contributed by atoms with Gasteiger partial charge in [-0.05, 0) is 31.7 Å². The Balaban J connectivity index is 2.85. The fourth-order valence-corrected chi connectivity index (χ4v) is 2.48. The Morgan fingerprint density at radius 1 is 1.24 bits per heavy atom. The third-order valence-corrected chi connectivity index (χ3v) is 3.91. The van der Waals surface area contributed by atoms with Gasteiger partial charge in [-0.3, -0.25) is 9.48 Å². The molecule has 0 radical (unpaired) electrons. The molecule has 1 rings (SSSR count). The van der Waals surface area contributed by atoms with Crippen LogP contribution in [0.4, 0.5) is 0 Å². The number of hydrogen-bond acceptors (Lipinski definition) is 3. The number of nitrogens with zero attached hydrogens (tertiary/aromatic N) is 2. The standard InChI is InChI=1S/C16H29N3O2/c1-10(2)13(9-20)15(11(3)4)17-16(21)14-7-8-19(18-14)12(5)6/h7-8,10-13,15,20H,9H2,1-6H3,(H,17,21)/t13-,15-/m0/s1. The van der Waals surface area contributed by atoms with E-state index in [4.69, 9.17) is 0 Å². The van der Waals surface area contributed by atoms with E-state index >= 15 is 0 Å². The molecule has 1 amide bonds. The first-order valence-electron chi connectivity index (χ1n) is 7.74. The second-order valence-corrected chi connectivity index (χ2v) is 6.61. The Morgan fingerprint density at radius 2 is 1.86 bits per heavy atom. The van der Waals surface area contributed by atoms with Crippen molar-refractivity contribution < 1.29 is 9.90 Å². The zero-order valence-electron chi connectivity index (χ0n) is 14.0. The summed E-state index contributed by atoms with van der Waals surface area (Å²) in [7, 11) is 0. The predicted octanol–water partition coefficient (Wildman–Crippen LogP) is 2.48. The van der Waals surface area contributed by atoms with Crippen LogP contribution < -0.4 is 5.32 Å². The van der Waals surface area contributed by atoms with Crippen LogP contribution in [0.1, 0.15) is 58.1 Å². The molecule has 5 nitrogen and oxygen atoms in total. The van der Waals surface area contributed by atoms with E-state index in [1.807, 2.05) is 20.0 Å².